The highest BCUT2D eigenvalue weighted by molar-refractivity contribution is 5.26. The van der Waals surface area contributed by atoms with E-state index >= 15 is 0 Å². The monoisotopic (exact) mass is 136 g/mol. The molecule has 2 nitrogen and oxygen atoms in total. The maximum atomic E-state index is 4.98. The van der Waals surface area contributed by atoms with Gasteiger partial charge in [0.2, 0.25) is 0 Å². The molecular weight excluding hydrogens is 126 g/mol. The second-order valence-electron chi connectivity index (χ2n) is 2.16. The molecule has 0 N–H and O–H groups in total. The van der Waals surface area contributed by atoms with Gasteiger partial charge < -0.3 is 4.74 Å². The summed E-state index contributed by atoms with van der Waals surface area (Å²) in [7, 11) is 1.62. The van der Waals surface area contributed by atoms with E-state index < -0.39 is 0 Å². The number of hydrogen-bond acceptors (Lipinski definition) is 2. The smallest absolute Gasteiger partial charge is 0.148 e. The largest absolute Gasteiger partial charge is 0.494 e. The van der Waals surface area contributed by atoms with Gasteiger partial charge in [-0.3, -0.25) is 4.98 Å². The molecule has 1 aromatic heterocycles. The van der Waals surface area contributed by atoms with Gasteiger partial charge in [0.1, 0.15) is 5.75 Å². The van der Waals surface area contributed by atoms with Gasteiger partial charge in [0, 0.05) is 11.8 Å². The number of hydrogen-bond donors (Lipinski definition) is 0. The zero-order valence-electron chi connectivity index (χ0n) is 6.43. The van der Waals surface area contributed by atoms with Gasteiger partial charge in [-0.25, -0.2) is 0 Å². The molecule has 1 aromatic rings. The summed E-state index contributed by atoms with van der Waals surface area (Å²) in [5, 5.41) is 0. The number of methoxy groups -OCH3 is 1. The van der Waals surface area contributed by atoms with Gasteiger partial charge in [0.25, 0.3) is 0 Å². The van der Waals surface area contributed by atoms with E-state index in [0.29, 0.717) is 0 Å². The van der Waals surface area contributed by atoms with Crippen LogP contribution in [-0.2, 0) is 0 Å². The maximum Gasteiger partial charge on any atom is 0.148 e. The number of rotatable bonds is 1. The average Bonchev–Trinajstić information content (AvgIpc) is 1.88. The molecule has 0 spiro atoms. The van der Waals surface area contributed by atoms with Crippen molar-refractivity contribution in [2.24, 2.45) is 0 Å². The van der Waals surface area contributed by atoms with Gasteiger partial charge >= 0.3 is 0 Å². The Labute approximate surface area is 60.9 Å². The van der Waals surface area contributed by atoms with Crippen LogP contribution < -0.4 is 4.74 Å². The summed E-state index contributed by atoms with van der Waals surface area (Å²) < 4.78 is 4.98. The Hall–Kier alpha value is -1.05. The fourth-order valence-corrected chi connectivity index (χ4v) is 0.829. The molecule has 1 heterocycles. The van der Waals surface area contributed by atoms with Crippen molar-refractivity contribution in [3.05, 3.63) is 23.5 Å². The lowest BCUT2D eigenvalue weighted by atomic mass is 10.3. The third-order valence-corrected chi connectivity index (χ3v) is 1.29. The Morgan fingerprint density at radius 3 is 2.70 bits per heavy atom. The van der Waals surface area contributed by atoms with E-state index in [1.54, 1.807) is 7.11 Å². The molecule has 0 saturated carbocycles. The third kappa shape index (κ3) is 1.26. The SMILES string of the molecule is COc1[c]cc(C)nc1C. The number of pyridine rings is 1. The highest BCUT2D eigenvalue weighted by Gasteiger charge is 1.97. The minimum atomic E-state index is 0.727. The summed E-state index contributed by atoms with van der Waals surface area (Å²) in [6.07, 6.45) is 0. The predicted molar refractivity (Wildman–Crippen MR) is 39.1 cm³/mol. The highest BCUT2D eigenvalue weighted by Crippen LogP contribution is 2.12. The first-order valence-corrected chi connectivity index (χ1v) is 3.14. The van der Waals surface area contributed by atoms with Crippen LogP contribution in [0.15, 0.2) is 6.07 Å². The summed E-state index contributed by atoms with van der Waals surface area (Å²) >= 11 is 0. The minimum absolute atomic E-state index is 0.727. The molecule has 0 amide bonds. The molecule has 0 atom stereocenters. The summed E-state index contributed by atoms with van der Waals surface area (Å²) in [6.45, 7) is 3.84. The predicted octanol–water partition coefficient (Wildman–Crippen LogP) is 1.51. The van der Waals surface area contributed by atoms with Crippen molar-refractivity contribution in [1.29, 1.82) is 0 Å². The molecule has 2 heteroatoms. The molecule has 53 valence electrons. The Morgan fingerprint density at radius 1 is 1.50 bits per heavy atom. The number of aryl methyl sites for hydroxylation is 2. The summed E-state index contributed by atoms with van der Waals surface area (Å²) in [6, 6.07) is 4.78. The van der Waals surface area contributed by atoms with E-state index in [4.69, 9.17) is 4.74 Å². The van der Waals surface area contributed by atoms with Crippen LogP contribution >= 0.6 is 0 Å². The first-order chi connectivity index (χ1) is 4.74. The molecule has 1 radical (unpaired) electrons. The van der Waals surface area contributed by atoms with E-state index in [0.717, 1.165) is 17.1 Å². The van der Waals surface area contributed by atoms with Crippen LogP contribution in [0.5, 0.6) is 5.75 Å². The standard InChI is InChI=1S/C8H10NO/c1-6-4-5-8(10-3)7(2)9-6/h4H,1-3H3. The Kier molecular flexibility index (Phi) is 1.90. The van der Waals surface area contributed by atoms with Gasteiger partial charge in [0.15, 0.2) is 0 Å². The fraction of sp³-hybridized carbons (Fsp3) is 0.375. The second-order valence-corrected chi connectivity index (χ2v) is 2.16. The number of ether oxygens (including phenoxy) is 1. The lowest BCUT2D eigenvalue weighted by Crippen LogP contribution is -1.91. The first kappa shape index (κ1) is 7.06. The van der Waals surface area contributed by atoms with Crippen molar-refractivity contribution < 1.29 is 4.74 Å². The molecule has 0 bridgehead atoms. The van der Waals surface area contributed by atoms with Crippen molar-refractivity contribution in [3.63, 3.8) is 0 Å². The molecule has 1 rings (SSSR count). The molecular formula is C8H10NO. The molecule has 10 heavy (non-hydrogen) atoms. The highest BCUT2D eigenvalue weighted by atomic mass is 16.5. The van der Waals surface area contributed by atoms with Crippen molar-refractivity contribution in [2.75, 3.05) is 7.11 Å². The number of nitrogens with zero attached hydrogens (tertiary/aromatic N) is 1. The van der Waals surface area contributed by atoms with Crippen molar-refractivity contribution in [1.82, 2.24) is 4.98 Å². The Bertz CT molecular complexity index is 233. The second kappa shape index (κ2) is 2.69. The van der Waals surface area contributed by atoms with Crippen LogP contribution in [0.3, 0.4) is 0 Å². The molecule has 0 fully saturated rings. The Morgan fingerprint density at radius 2 is 2.20 bits per heavy atom. The average molecular weight is 136 g/mol. The number of aromatic nitrogens is 1. The Balaban J connectivity index is 3.07. The minimum Gasteiger partial charge on any atom is -0.494 e. The van der Waals surface area contributed by atoms with Crippen LogP contribution in [0.2, 0.25) is 0 Å². The summed E-state index contributed by atoms with van der Waals surface area (Å²) in [5.41, 5.74) is 1.86. The van der Waals surface area contributed by atoms with Crippen molar-refractivity contribution >= 4 is 0 Å². The summed E-state index contributed by atoms with van der Waals surface area (Å²) in [5.74, 6) is 0.727. The molecule has 0 unspecified atom stereocenters. The van der Waals surface area contributed by atoms with E-state index in [-0.39, 0.29) is 0 Å². The van der Waals surface area contributed by atoms with Crippen LogP contribution in [-0.4, -0.2) is 12.1 Å². The van der Waals surface area contributed by atoms with Crippen LogP contribution in [0, 0.1) is 19.9 Å². The fourth-order valence-electron chi connectivity index (χ4n) is 0.829. The maximum absolute atomic E-state index is 4.98. The van der Waals surface area contributed by atoms with E-state index in [2.05, 4.69) is 11.1 Å². The van der Waals surface area contributed by atoms with E-state index in [9.17, 15) is 0 Å². The van der Waals surface area contributed by atoms with Gasteiger partial charge in [-0.15, -0.1) is 0 Å². The first-order valence-electron chi connectivity index (χ1n) is 3.14. The molecule has 0 aromatic carbocycles. The quantitative estimate of drug-likeness (QED) is 0.583. The zero-order valence-corrected chi connectivity index (χ0v) is 6.43. The van der Waals surface area contributed by atoms with Gasteiger partial charge in [0.05, 0.1) is 12.8 Å². The van der Waals surface area contributed by atoms with Crippen LogP contribution in [0.4, 0.5) is 0 Å². The molecule has 0 aliphatic heterocycles. The topological polar surface area (TPSA) is 22.1 Å². The van der Waals surface area contributed by atoms with Gasteiger partial charge in [-0.1, -0.05) is 0 Å². The van der Waals surface area contributed by atoms with Crippen LogP contribution in [0.25, 0.3) is 0 Å². The molecule has 0 aliphatic rings. The van der Waals surface area contributed by atoms with E-state index in [1.165, 1.54) is 0 Å². The normalized spacial score (nSPS) is 9.50. The lowest BCUT2D eigenvalue weighted by Gasteiger charge is -2.01. The molecule has 0 aliphatic carbocycles. The van der Waals surface area contributed by atoms with Crippen molar-refractivity contribution in [2.45, 2.75) is 13.8 Å². The third-order valence-electron chi connectivity index (χ3n) is 1.29. The van der Waals surface area contributed by atoms with Crippen molar-refractivity contribution in [3.8, 4) is 5.75 Å². The van der Waals surface area contributed by atoms with Gasteiger partial charge in [-0.2, -0.15) is 0 Å². The van der Waals surface area contributed by atoms with Crippen LogP contribution in [0.1, 0.15) is 11.4 Å². The van der Waals surface area contributed by atoms with E-state index in [1.807, 2.05) is 19.9 Å². The van der Waals surface area contributed by atoms with Gasteiger partial charge in [-0.05, 0) is 19.9 Å². The summed E-state index contributed by atoms with van der Waals surface area (Å²) in [4.78, 5) is 4.19. The lowest BCUT2D eigenvalue weighted by molar-refractivity contribution is 0.408. The molecule has 0 saturated heterocycles. The zero-order chi connectivity index (χ0) is 7.56.